The predicted molar refractivity (Wildman–Crippen MR) is 97.7 cm³/mol. The molecule has 0 N–H and O–H groups in total. The van der Waals surface area contributed by atoms with Crippen molar-refractivity contribution in [2.75, 3.05) is 24.0 Å². The van der Waals surface area contributed by atoms with E-state index in [4.69, 9.17) is 0 Å². The molecule has 1 aliphatic heterocycles. The number of benzene rings is 2. The second-order valence-electron chi connectivity index (χ2n) is 6.64. The lowest BCUT2D eigenvalue weighted by molar-refractivity contribution is 0.625. The fraction of sp³-hybridized carbons (Fsp3) is 0.350. The Labute approximate surface area is 138 Å². The van der Waals surface area contributed by atoms with E-state index in [-0.39, 0.29) is 0 Å². The van der Waals surface area contributed by atoms with Gasteiger partial charge in [-0.05, 0) is 48.2 Å². The number of hydrogen-bond acceptors (Lipinski definition) is 3. The van der Waals surface area contributed by atoms with Gasteiger partial charge in [0.25, 0.3) is 0 Å². The molecule has 1 fully saturated rings. The summed E-state index contributed by atoms with van der Waals surface area (Å²) in [6.45, 7) is 0. The van der Waals surface area contributed by atoms with Crippen molar-refractivity contribution < 1.29 is 0 Å². The van der Waals surface area contributed by atoms with E-state index in [1.165, 1.54) is 36.1 Å². The van der Waals surface area contributed by atoms with Gasteiger partial charge in [0.05, 0.1) is 11.9 Å². The molecule has 0 aromatic heterocycles. The molecule has 0 spiro atoms. The van der Waals surface area contributed by atoms with Crippen LogP contribution < -0.4 is 9.91 Å². The minimum atomic E-state index is 0.712. The van der Waals surface area contributed by atoms with Crippen molar-refractivity contribution in [1.82, 2.24) is 0 Å². The maximum atomic E-state index is 4.59. The van der Waals surface area contributed by atoms with E-state index in [9.17, 15) is 0 Å². The number of likely N-dealkylation sites (N-methyl/N-ethyl adjacent to an activating group) is 1. The summed E-state index contributed by atoms with van der Waals surface area (Å²) in [7, 11) is 4.23. The molecule has 3 nitrogen and oxygen atoms in total. The third-order valence-electron chi connectivity index (χ3n) is 5.32. The van der Waals surface area contributed by atoms with Crippen LogP contribution in [0.15, 0.2) is 53.6 Å². The molecule has 2 aliphatic rings. The van der Waals surface area contributed by atoms with Crippen molar-refractivity contribution in [2.45, 2.75) is 31.2 Å². The third-order valence-corrected chi connectivity index (χ3v) is 5.32. The second-order valence-corrected chi connectivity index (χ2v) is 6.64. The van der Waals surface area contributed by atoms with E-state index in [1.54, 1.807) is 0 Å². The van der Waals surface area contributed by atoms with Crippen molar-refractivity contribution in [3.8, 4) is 0 Å². The minimum absolute atomic E-state index is 0.712. The van der Waals surface area contributed by atoms with E-state index in [0.717, 1.165) is 11.6 Å². The first-order valence-corrected chi connectivity index (χ1v) is 8.43. The summed E-state index contributed by atoms with van der Waals surface area (Å²) in [4.78, 5) is 2.48. The Bertz CT molecular complexity index is 723. The maximum absolute atomic E-state index is 4.59. The molecule has 0 radical (unpaired) electrons. The standard InChI is InChI=1S/C20H23N3/c1-22-19-10-6-9-17(19)18-13-15(11-12-20(18)22)14-21-23(2)16-7-4-3-5-8-16/h3-5,7-8,11-14,17,19H,6,9-10H2,1-2H3. The van der Waals surface area contributed by atoms with Gasteiger partial charge in [-0.2, -0.15) is 5.10 Å². The minimum Gasteiger partial charge on any atom is -0.371 e. The van der Waals surface area contributed by atoms with E-state index in [1.807, 2.05) is 36.5 Å². The summed E-state index contributed by atoms with van der Waals surface area (Å²) in [5, 5.41) is 6.50. The van der Waals surface area contributed by atoms with Gasteiger partial charge < -0.3 is 4.90 Å². The Morgan fingerprint density at radius 1 is 1.13 bits per heavy atom. The number of hydrogen-bond donors (Lipinski definition) is 0. The highest BCUT2D eigenvalue weighted by molar-refractivity contribution is 5.82. The quantitative estimate of drug-likeness (QED) is 0.624. The van der Waals surface area contributed by atoms with Crippen LogP contribution in [0.1, 0.15) is 36.3 Å². The lowest BCUT2D eigenvalue weighted by Crippen LogP contribution is -2.26. The zero-order valence-electron chi connectivity index (χ0n) is 13.8. The highest BCUT2D eigenvalue weighted by Gasteiger charge is 2.39. The number of nitrogens with zero attached hydrogens (tertiary/aromatic N) is 3. The fourth-order valence-corrected chi connectivity index (χ4v) is 4.08. The molecule has 2 unspecified atom stereocenters. The Morgan fingerprint density at radius 3 is 2.78 bits per heavy atom. The monoisotopic (exact) mass is 305 g/mol. The molecule has 0 bridgehead atoms. The van der Waals surface area contributed by atoms with Crippen LogP contribution in [0.2, 0.25) is 0 Å². The zero-order chi connectivity index (χ0) is 15.8. The predicted octanol–water partition coefficient (Wildman–Crippen LogP) is 4.24. The van der Waals surface area contributed by atoms with Crippen LogP contribution in [0.5, 0.6) is 0 Å². The number of anilines is 2. The van der Waals surface area contributed by atoms with Crippen LogP contribution >= 0.6 is 0 Å². The molecular formula is C20H23N3. The molecule has 2 aromatic rings. The summed E-state index contributed by atoms with van der Waals surface area (Å²) in [6.07, 6.45) is 5.98. The number of fused-ring (bicyclic) bond motifs is 3. The third kappa shape index (κ3) is 2.50. The Balaban J connectivity index is 1.57. The van der Waals surface area contributed by atoms with Gasteiger partial charge in [0, 0.05) is 31.7 Å². The second kappa shape index (κ2) is 5.73. The molecule has 1 heterocycles. The van der Waals surface area contributed by atoms with E-state index < -0.39 is 0 Å². The van der Waals surface area contributed by atoms with Crippen molar-refractivity contribution in [3.63, 3.8) is 0 Å². The summed E-state index contributed by atoms with van der Waals surface area (Å²) in [6, 6.07) is 17.7. The van der Waals surface area contributed by atoms with Crippen LogP contribution in [-0.2, 0) is 0 Å². The molecule has 2 aromatic carbocycles. The van der Waals surface area contributed by atoms with Crippen LogP contribution in [0.3, 0.4) is 0 Å². The normalized spacial score (nSPS) is 22.4. The van der Waals surface area contributed by atoms with Gasteiger partial charge in [-0.3, -0.25) is 5.01 Å². The molecule has 1 aliphatic carbocycles. The lowest BCUT2D eigenvalue weighted by atomic mass is 9.96. The largest absolute Gasteiger partial charge is 0.371 e. The average Bonchev–Trinajstić information content (AvgIpc) is 3.17. The summed E-state index contributed by atoms with van der Waals surface area (Å²) in [5.41, 5.74) is 5.21. The van der Waals surface area contributed by atoms with Crippen molar-refractivity contribution in [2.24, 2.45) is 5.10 Å². The van der Waals surface area contributed by atoms with Crippen LogP contribution in [-0.4, -0.2) is 26.4 Å². The van der Waals surface area contributed by atoms with Gasteiger partial charge in [0.1, 0.15) is 0 Å². The first-order valence-electron chi connectivity index (χ1n) is 8.43. The van der Waals surface area contributed by atoms with Crippen LogP contribution in [0.4, 0.5) is 11.4 Å². The topological polar surface area (TPSA) is 18.8 Å². The van der Waals surface area contributed by atoms with Gasteiger partial charge in [-0.25, -0.2) is 0 Å². The van der Waals surface area contributed by atoms with Gasteiger partial charge in [0.15, 0.2) is 0 Å². The maximum Gasteiger partial charge on any atom is 0.0590 e. The summed E-state index contributed by atoms with van der Waals surface area (Å²) < 4.78 is 0. The fourth-order valence-electron chi connectivity index (χ4n) is 4.08. The van der Waals surface area contributed by atoms with Crippen molar-refractivity contribution >= 4 is 17.6 Å². The van der Waals surface area contributed by atoms with Crippen LogP contribution in [0, 0.1) is 0 Å². The Hall–Kier alpha value is -2.29. The summed E-state index contributed by atoms with van der Waals surface area (Å²) >= 11 is 0. The van der Waals surface area contributed by atoms with Crippen LogP contribution in [0.25, 0.3) is 0 Å². The van der Waals surface area contributed by atoms with Gasteiger partial charge in [0.2, 0.25) is 0 Å². The molecular weight excluding hydrogens is 282 g/mol. The molecule has 0 saturated heterocycles. The first kappa shape index (κ1) is 14.3. The molecule has 3 heteroatoms. The lowest BCUT2D eigenvalue weighted by Gasteiger charge is -2.21. The molecule has 1 saturated carbocycles. The van der Waals surface area contributed by atoms with Gasteiger partial charge in [-0.15, -0.1) is 0 Å². The van der Waals surface area contributed by atoms with Gasteiger partial charge in [-0.1, -0.05) is 30.7 Å². The number of hydrazone groups is 1. The van der Waals surface area contributed by atoms with E-state index >= 15 is 0 Å². The Morgan fingerprint density at radius 2 is 1.96 bits per heavy atom. The highest BCUT2D eigenvalue weighted by Crippen LogP contribution is 2.48. The highest BCUT2D eigenvalue weighted by atomic mass is 15.4. The molecule has 2 atom stereocenters. The van der Waals surface area contributed by atoms with Crippen molar-refractivity contribution in [1.29, 1.82) is 0 Å². The smallest absolute Gasteiger partial charge is 0.0590 e. The molecule has 4 rings (SSSR count). The Kier molecular flexibility index (Phi) is 3.56. The SMILES string of the molecule is CN(N=Cc1ccc2c(c1)C1CCCC1N2C)c1ccccc1. The summed E-state index contributed by atoms with van der Waals surface area (Å²) in [5.74, 6) is 0.718. The number of rotatable bonds is 3. The van der Waals surface area contributed by atoms with Crippen molar-refractivity contribution in [3.05, 3.63) is 59.7 Å². The molecule has 0 amide bonds. The molecule has 118 valence electrons. The van der Waals surface area contributed by atoms with Gasteiger partial charge >= 0.3 is 0 Å². The van der Waals surface area contributed by atoms with E-state index in [2.05, 4.69) is 47.4 Å². The zero-order valence-corrected chi connectivity index (χ0v) is 13.8. The number of para-hydroxylation sites is 1. The average molecular weight is 305 g/mol. The van der Waals surface area contributed by atoms with E-state index in [0.29, 0.717) is 6.04 Å². The first-order chi connectivity index (χ1) is 11.2. The molecule has 23 heavy (non-hydrogen) atoms.